The van der Waals surface area contributed by atoms with Gasteiger partial charge < -0.3 is 4.52 Å². The number of rotatable bonds is 3. The van der Waals surface area contributed by atoms with Crippen molar-refractivity contribution in [3.63, 3.8) is 0 Å². The normalized spacial score (nSPS) is 18.7. The highest BCUT2D eigenvalue weighted by Gasteiger charge is 2.29. The second-order valence-corrected chi connectivity index (χ2v) is 5.89. The number of hydrogen-bond donors (Lipinski definition) is 0. The monoisotopic (exact) mass is 311 g/mol. The van der Waals surface area contributed by atoms with E-state index in [1.165, 1.54) is 4.68 Å². The predicted octanol–water partition coefficient (Wildman–Crippen LogP) is 1.88. The summed E-state index contributed by atoms with van der Waals surface area (Å²) >= 11 is 0. The van der Waals surface area contributed by atoms with Crippen LogP contribution in [-0.4, -0.2) is 31.6 Å². The molecular formula is C16H17N5O2. The Morgan fingerprint density at radius 3 is 3.04 bits per heavy atom. The van der Waals surface area contributed by atoms with Crippen LogP contribution in [0.25, 0.3) is 10.9 Å². The van der Waals surface area contributed by atoms with Crippen molar-refractivity contribution in [2.24, 2.45) is 0 Å². The van der Waals surface area contributed by atoms with Crippen LogP contribution in [0.2, 0.25) is 0 Å². The fourth-order valence-corrected chi connectivity index (χ4v) is 3.15. The van der Waals surface area contributed by atoms with Crippen LogP contribution in [0.3, 0.4) is 0 Å². The van der Waals surface area contributed by atoms with Crippen LogP contribution >= 0.6 is 0 Å². The van der Waals surface area contributed by atoms with Crippen molar-refractivity contribution in [3.05, 3.63) is 52.1 Å². The van der Waals surface area contributed by atoms with Gasteiger partial charge in [0.1, 0.15) is 5.52 Å². The fraction of sp³-hybridized carbons (Fsp3) is 0.375. The van der Waals surface area contributed by atoms with Crippen LogP contribution in [0.15, 0.2) is 39.6 Å². The van der Waals surface area contributed by atoms with Crippen molar-refractivity contribution in [3.8, 4) is 0 Å². The minimum absolute atomic E-state index is 0.116. The van der Waals surface area contributed by atoms with Gasteiger partial charge in [0.2, 0.25) is 0 Å². The number of hydrogen-bond acceptors (Lipinski definition) is 6. The number of aryl methyl sites for hydroxylation is 1. The highest BCUT2D eigenvalue weighted by molar-refractivity contribution is 5.76. The molecule has 0 N–H and O–H groups in total. The lowest BCUT2D eigenvalue weighted by molar-refractivity contribution is 0.159. The van der Waals surface area contributed by atoms with E-state index in [9.17, 15) is 4.79 Å². The van der Waals surface area contributed by atoms with Gasteiger partial charge in [0.25, 0.3) is 5.56 Å². The molecule has 0 spiro atoms. The molecule has 7 heteroatoms. The Morgan fingerprint density at radius 2 is 2.22 bits per heavy atom. The van der Waals surface area contributed by atoms with Crippen molar-refractivity contribution < 1.29 is 4.52 Å². The molecular weight excluding hydrogens is 294 g/mol. The van der Waals surface area contributed by atoms with Gasteiger partial charge in [-0.3, -0.25) is 9.69 Å². The van der Waals surface area contributed by atoms with Crippen molar-refractivity contribution in [2.45, 2.75) is 32.5 Å². The molecule has 0 amide bonds. The lowest BCUT2D eigenvalue weighted by atomic mass is 10.1. The number of aromatic nitrogens is 4. The minimum Gasteiger partial charge on any atom is -0.359 e. The van der Waals surface area contributed by atoms with E-state index in [2.05, 4.69) is 20.4 Å². The number of likely N-dealkylation sites (tertiary alicyclic amines) is 1. The van der Waals surface area contributed by atoms with Crippen LogP contribution in [0.1, 0.15) is 30.3 Å². The van der Waals surface area contributed by atoms with Crippen LogP contribution < -0.4 is 5.56 Å². The summed E-state index contributed by atoms with van der Waals surface area (Å²) in [6.45, 7) is 3.21. The fourth-order valence-electron chi connectivity index (χ4n) is 3.15. The van der Waals surface area contributed by atoms with Crippen molar-refractivity contribution in [2.75, 3.05) is 6.54 Å². The summed E-state index contributed by atoms with van der Waals surface area (Å²) in [6.07, 6.45) is 2.05. The van der Waals surface area contributed by atoms with E-state index in [0.29, 0.717) is 17.6 Å². The predicted molar refractivity (Wildman–Crippen MR) is 83.7 cm³/mol. The molecule has 2 aromatic heterocycles. The van der Waals surface area contributed by atoms with Gasteiger partial charge in [0, 0.05) is 12.6 Å². The first-order chi connectivity index (χ1) is 11.2. The molecule has 1 saturated heterocycles. The first-order valence-electron chi connectivity index (χ1n) is 7.72. The molecule has 1 aliphatic rings. The molecule has 0 saturated carbocycles. The molecule has 0 bridgehead atoms. The first-order valence-corrected chi connectivity index (χ1v) is 7.72. The summed E-state index contributed by atoms with van der Waals surface area (Å²) in [5.41, 5.74) is 1.38. The standard InChI is InChI=1S/C16H17N5O2/c1-11-9-15(23-18-11)14-7-4-8-20(14)10-21-16(22)12-5-2-3-6-13(12)17-19-21/h2-3,5-6,9,14H,4,7-8,10H2,1H3/t14-/m1/s1. The Labute approximate surface area is 132 Å². The highest BCUT2D eigenvalue weighted by atomic mass is 16.5. The van der Waals surface area contributed by atoms with Gasteiger partial charge in [0.05, 0.1) is 23.8 Å². The summed E-state index contributed by atoms with van der Waals surface area (Å²) in [6, 6.07) is 9.36. The van der Waals surface area contributed by atoms with Gasteiger partial charge in [-0.1, -0.05) is 22.5 Å². The number of fused-ring (bicyclic) bond motifs is 1. The van der Waals surface area contributed by atoms with Gasteiger partial charge in [-0.15, -0.1) is 5.10 Å². The summed E-state index contributed by atoms with van der Waals surface area (Å²) < 4.78 is 6.82. The second kappa shape index (κ2) is 5.58. The molecule has 0 radical (unpaired) electrons. The molecule has 3 heterocycles. The zero-order valence-electron chi connectivity index (χ0n) is 12.8. The molecule has 7 nitrogen and oxygen atoms in total. The van der Waals surface area contributed by atoms with Crippen LogP contribution in [0, 0.1) is 6.92 Å². The Bertz CT molecular complexity index is 901. The van der Waals surface area contributed by atoms with Crippen molar-refractivity contribution in [1.82, 2.24) is 25.1 Å². The van der Waals surface area contributed by atoms with Gasteiger partial charge in [-0.05, 0) is 31.9 Å². The summed E-state index contributed by atoms with van der Waals surface area (Å²) in [7, 11) is 0. The molecule has 1 aromatic carbocycles. The molecule has 1 aliphatic heterocycles. The maximum Gasteiger partial charge on any atom is 0.278 e. The lowest BCUT2D eigenvalue weighted by Gasteiger charge is -2.22. The third-order valence-corrected chi connectivity index (χ3v) is 4.28. The average molecular weight is 311 g/mol. The lowest BCUT2D eigenvalue weighted by Crippen LogP contribution is -2.34. The van der Waals surface area contributed by atoms with Crippen LogP contribution in [-0.2, 0) is 6.67 Å². The van der Waals surface area contributed by atoms with Gasteiger partial charge in [-0.2, -0.15) is 4.68 Å². The molecule has 1 fully saturated rings. The van der Waals surface area contributed by atoms with Gasteiger partial charge in [0.15, 0.2) is 5.76 Å². The SMILES string of the molecule is Cc1cc([C@H]2CCCN2Cn2nnc3ccccc3c2=O)on1. The Kier molecular flexibility index (Phi) is 3.42. The Balaban J connectivity index is 1.65. The smallest absolute Gasteiger partial charge is 0.278 e. The van der Waals surface area contributed by atoms with Crippen LogP contribution in [0.4, 0.5) is 0 Å². The number of benzene rings is 1. The Hall–Kier alpha value is -2.54. The van der Waals surface area contributed by atoms with E-state index in [0.717, 1.165) is 30.8 Å². The molecule has 1 atom stereocenters. The van der Waals surface area contributed by atoms with Crippen LogP contribution in [0.5, 0.6) is 0 Å². The minimum atomic E-state index is -0.116. The molecule has 0 unspecified atom stereocenters. The van der Waals surface area contributed by atoms with Gasteiger partial charge in [-0.25, -0.2) is 0 Å². The van der Waals surface area contributed by atoms with Crippen molar-refractivity contribution in [1.29, 1.82) is 0 Å². The topological polar surface area (TPSA) is 77.0 Å². The molecule has 3 aromatic rings. The van der Waals surface area contributed by atoms with E-state index in [4.69, 9.17) is 4.52 Å². The summed E-state index contributed by atoms with van der Waals surface area (Å²) in [4.78, 5) is 14.7. The second-order valence-electron chi connectivity index (χ2n) is 5.89. The third-order valence-electron chi connectivity index (χ3n) is 4.28. The molecule has 0 aliphatic carbocycles. The highest BCUT2D eigenvalue weighted by Crippen LogP contribution is 2.32. The van der Waals surface area contributed by atoms with Crippen molar-refractivity contribution >= 4 is 10.9 Å². The van der Waals surface area contributed by atoms with E-state index < -0.39 is 0 Å². The van der Waals surface area contributed by atoms with E-state index in [-0.39, 0.29) is 11.6 Å². The molecule has 4 rings (SSSR count). The largest absolute Gasteiger partial charge is 0.359 e. The summed E-state index contributed by atoms with van der Waals surface area (Å²) in [5.74, 6) is 0.849. The third kappa shape index (κ3) is 2.53. The van der Waals surface area contributed by atoms with E-state index >= 15 is 0 Å². The molecule has 23 heavy (non-hydrogen) atoms. The molecule has 118 valence electrons. The zero-order valence-corrected chi connectivity index (χ0v) is 12.8. The van der Waals surface area contributed by atoms with E-state index in [1.54, 1.807) is 12.1 Å². The first kappa shape index (κ1) is 14.1. The maximum atomic E-state index is 12.6. The van der Waals surface area contributed by atoms with E-state index in [1.807, 2.05) is 25.1 Å². The number of nitrogens with zero attached hydrogens (tertiary/aromatic N) is 5. The maximum absolute atomic E-state index is 12.6. The zero-order chi connectivity index (χ0) is 15.8. The Morgan fingerprint density at radius 1 is 1.35 bits per heavy atom. The van der Waals surface area contributed by atoms with Gasteiger partial charge >= 0.3 is 0 Å². The average Bonchev–Trinajstić information content (AvgIpc) is 3.19. The quantitative estimate of drug-likeness (QED) is 0.735. The summed E-state index contributed by atoms with van der Waals surface area (Å²) in [5, 5.41) is 12.8.